The van der Waals surface area contributed by atoms with Crippen LogP contribution in [0.1, 0.15) is 17.2 Å². The first kappa shape index (κ1) is 24.1. The Morgan fingerprint density at radius 1 is 0.971 bits per heavy atom. The van der Waals surface area contributed by atoms with E-state index in [1.807, 2.05) is 0 Å². The minimum Gasteiger partial charge on any atom is -0.493 e. The van der Waals surface area contributed by atoms with Gasteiger partial charge in [-0.25, -0.2) is 0 Å². The fraction of sp³-hybridized carbons (Fsp3) is 0.208. The standard InChI is InChI=1S/C24H18F5NO5/c1-32-16-9-6-12(10-19(16)33-2)21-15-11-13(30-22(31)24(27,28)29)7-8-14(15)20-17(34-21)4-3-5-18(20)35-23(25)26/h3-11,21,23H,1-2H3,(H,30,31). The molecule has 11 heteroatoms. The fourth-order valence-corrected chi connectivity index (χ4v) is 3.81. The van der Waals surface area contributed by atoms with E-state index >= 15 is 0 Å². The molecule has 1 heterocycles. The van der Waals surface area contributed by atoms with E-state index in [0.29, 0.717) is 28.2 Å². The van der Waals surface area contributed by atoms with Gasteiger partial charge in [0, 0.05) is 16.8 Å². The normalized spacial score (nSPS) is 14.5. The van der Waals surface area contributed by atoms with Gasteiger partial charge in [-0.2, -0.15) is 22.0 Å². The Bertz CT molecular complexity index is 1260. The lowest BCUT2D eigenvalue weighted by Crippen LogP contribution is -2.30. The molecule has 4 rings (SSSR count). The predicted octanol–water partition coefficient (Wildman–Crippen LogP) is 5.95. The summed E-state index contributed by atoms with van der Waals surface area (Å²) >= 11 is 0. The number of anilines is 1. The topological polar surface area (TPSA) is 66.0 Å². The smallest absolute Gasteiger partial charge is 0.471 e. The van der Waals surface area contributed by atoms with Crippen LogP contribution in [0.2, 0.25) is 0 Å². The lowest BCUT2D eigenvalue weighted by molar-refractivity contribution is -0.167. The molecule has 1 N–H and O–H groups in total. The number of nitrogens with one attached hydrogen (secondary N) is 1. The number of fused-ring (bicyclic) bond motifs is 3. The second kappa shape index (κ2) is 9.32. The van der Waals surface area contributed by atoms with E-state index in [-0.39, 0.29) is 22.7 Å². The molecule has 35 heavy (non-hydrogen) atoms. The number of hydrogen-bond acceptors (Lipinski definition) is 5. The van der Waals surface area contributed by atoms with E-state index in [1.165, 1.54) is 44.6 Å². The van der Waals surface area contributed by atoms with Crippen molar-refractivity contribution in [1.29, 1.82) is 0 Å². The zero-order chi connectivity index (χ0) is 25.3. The molecule has 0 aromatic heterocycles. The Morgan fingerprint density at radius 3 is 2.37 bits per heavy atom. The van der Waals surface area contributed by atoms with Gasteiger partial charge in [0.05, 0.1) is 19.8 Å². The van der Waals surface area contributed by atoms with Gasteiger partial charge in [0.2, 0.25) is 0 Å². The number of alkyl halides is 5. The Balaban J connectivity index is 1.87. The molecule has 0 fully saturated rings. The highest BCUT2D eigenvalue weighted by Gasteiger charge is 2.39. The van der Waals surface area contributed by atoms with Crippen molar-refractivity contribution < 1.29 is 45.7 Å². The lowest BCUT2D eigenvalue weighted by atomic mass is 9.88. The van der Waals surface area contributed by atoms with Crippen LogP contribution in [-0.2, 0) is 4.79 Å². The molecule has 0 aliphatic carbocycles. The van der Waals surface area contributed by atoms with Gasteiger partial charge in [0.25, 0.3) is 0 Å². The maximum Gasteiger partial charge on any atom is 0.471 e. The molecule has 1 aliphatic heterocycles. The van der Waals surface area contributed by atoms with Crippen molar-refractivity contribution in [2.24, 2.45) is 0 Å². The van der Waals surface area contributed by atoms with Crippen LogP contribution in [0.5, 0.6) is 23.0 Å². The highest BCUT2D eigenvalue weighted by molar-refractivity contribution is 5.95. The van der Waals surface area contributed by atoms with Gasteiger partial charge in [0.15, 0.2) is 11.5 Å². The van der Waals surface area contributed by atoms with E-state index in [1.54, 1.807) is 29.6 Å². The van der Waals surface area contributed by atoms with Crippen molar-refractivity contribution in [3.63, 3.8) is 0 Å². The van der Waals surface area contributed by atoms with E-state index < -0.39 is 24.8 Å². The number of benzene rings is 3. The summed E-state index contributed by atoms with van der Waals surface area (Å²) in [5.74, 6) is -1.29. The zero-order valence-corrected chi connectivity index (χ0v) is 18.3. The molecular formula is C24H18F5NO5. The van der Waals surface area contributed by atoms with Gasteiger partial charge in [-0.1, -0.05) is 18.2 Å². The molecule has 3 aromatic rings. The zero-order valence-electron chi connectivity index (χ0n) is 18.3. The summed E-state index contributed by atoms with van der Waals surface area (Å²) in [6, 6.07) is 13.2. The average molecular weight is 495 g/mol. The van der Waals surface area contributed by atoms with Gasteiger partial charge in [-0.3, -0.25) is 4.79 Å². The second-order valence-corrected chi connectivity index (χ2v) is 7.37. The van der Waals surface area contributed by atoms with Crippen LogP contribution in [0.15, 0.2) is 54.6 Å². The highest BCUT2D eigenvalue weighted by Crippen LogP contribution is 2.50. The molecule has 1 amide bonds. The summed E-state index contributed by atoms with van der Waals surface area (Å²) in [6.07, 6.45) is -5.98. The van der Waals surface area contributed by atoms with Gasteiger partial charge in [-0.15, -0.1) is 0 Å². The third kappa shape index (κ3) is 4.79. The van der Waals surface area contributed by atoms with Crippen molar-refractivity contribution >= 4 is 11.6 Å². The van der Waals surface area contributed by atoms with Gasteiger partial charge in [-0.05, 0) is 42.0 Å². The Labute approximate surface area is 196 Å². The van der Waals surface area contributed by atoms with Gasteiger partial charge < -0.3 is 24.3 Å². The molecule has 0 saturated heterocycles. The summed E-state index contributed by atoms with van der Waals surface area (Å²) in [6.45, 7) is -3.11. The third-order valence-electron chi connectivity index (χ3n) is 5.28. The number of rotatable bonds is 6. The monoisotopic (exact) mass is 495 g/mol. The molecule has 0 saturated carbocycles. The number of amides is 1. The first-order valence-electron chi connectivity index (χ1n) is 10.1. The van der Waals surface area contributed by atoms with Gasteiger partial charge in [0.1, 0.15) is 17.6 Å². The highest BCUT2D eigenvalue weighted by atomic mass is 19.4. The van der Waals surface area contributed by atoms with Crippen LogP contribution in [0.3, 0.4) is 0 Å². The van der Waals surface area contributed by atoms with E-state index in [0.717, 1.165) is 0 Å². The molecular weight excluding hydrogens is 477 g/mol. The minimum atomic E-state index is -5.10. The first-order chi connectivity index (χ1) is 16.6. The largest absolute Gasteiger partial charge is 0.493 e. The molecule has 1 atom stereocenters. The minimum absolute atomic E-state index is 0.157. The van der Waals surface area contributed by atoms with Crippen molar-refractivity contribution in [3.8, 4) is 34.1 Å². The molecule has 6 nitrogen and oxygen atoms in total. The molecule has 3 aromatic carbocycles. The summed E-state index contributed by atoms with van der Waals surface area (Å²) in [5.41, 5.74) is 1.28. The van der Waals surface area contributed by atoms with Crippen molar-refractivity contribution in [2.75, 3.05) is 19.5 Å². The number of halogens is 5. The Morgan fingerprint density at radius 2 is 1.71 bits per heavy atom. The predicted molar refractivity (Wildman–Crippen MR) is 115 cm³/mol. The first-order valence-corrected chi connectivity index (χ1v) is 10.1. The maximum atomic E-state index is 13.0. The Hall–Kier alpha value is -4.02. The average Bonchev–Trinajstić information content (AvgIpc) is 2.82. The van der Waals surface area contributed by atoms with E-state index in [2.05, 4.69) is 4.74 Å². The number of carbonyl (C=O) groups is 1. The van der Waals surface area contributed by atoms with Crippen molar-refractivity contribution in [3.05, 3.63) is 65.7 Å². The van der Waals surface area contributed by atoms with Crippen LogP contribution in [0.4, 0.5) is 27.6 Å². The molecule has 0 spiro atoms. The Kier molecular flexibility index (Phi) is 6.42. The van der Waals surface area contributed by atoms with E-state index in [4.69, 9.17) is 14.2 Å². The van der Waals surface area contributed by atoms with Crippen molar-refractivity contribution in [1.82, 2.24) is 0 Å². The quantitative estimate of drug-likeness (QED) is 0.428. The number of carbonyl (C=O) groups excluding carboxylic acids is 1. The molecule has 184 valence electrons. The second-order valence-electron chi connectivity index (χ2n) is 7.37. The summed E-state index contributed by atoms with van der Waals surface area (Å²) in [4.78, 5) is 11.5. The number of ether oxygens (including phenoxy) is 4. The third-order valence-corrected chi connectivity index (χ3v) is 5.28. The summed E-state index contributed by atoms with van der Waals surface area (Å²) in [7, 11) is 2.89. The van der Waals surface area contributed by atoms with Crippen LogP contribution in [0, 0.1) is 0 Å². The molecule has 1 aliphatic rings. The van der Waals surface area contributed by atoms with Crippen LogP contribution < -0.4 is 24.3 Å². The molecule has 1 unspecified atom stereocenters. The SMILES string of the molecule is COc1ccc(C2Oc3cccc(OC(F)F)c3-c3ccc(NC(=O)C(F)(F)F)cc32)cc1OC. The van der Waals surface area contributed by atoms with Crippen molar-refractivity contribution in [2.45, 2.75) is 18.9 Å². The molecule has 0 radical (unpaired) electrons. The number of hydrogen-bond donors (Lipinski definition) is 1. The summed E-state index contributed by atoms with van der Waals surface area (Å²) < 4.78 is 85.8. The lowest BCUT2D eigenvalue weighted by Gasteiger charge is -2.31. The van der Waals surface area contributed by atoms with Crippen LogP contribution >= 0.6 is 0 Å². The van der Waals surface area contributed by atoms with Gasteiger partial charge >= 0.3 is 18.7 Å². The fourth-order valence-electron chi connectivity index (χ4n) is 3.81. The maximum absolute atomic E-state index is 13.0. The molecule has 0 bridgehead atoms. The summed E-state index contributed by atoms with van der Waals surface area (Å²) in [5, 5.41) is 1.80. The van der Waals surface area contributed by atoms with Crippen LogP contribution in [-0.4, -0.2) is 32.9 Å². The van der Waals surface area contributed by atoms with Crippen LogP contribution in [0.25, 0.3) is 11.1 Å². The van der Waals surface area contributed by atoms with E-state index in [9.17, 15) is 26.7 Å². The number of methoxy groups -OCH3 is 2.